The Bertz CT molecular complexity index is 1580. The van der Waals surface area contributed by atoms with E-state index in [0.29, 0.717) is 16.5 Å². The summed E-state index contributed by atoms with van der Waals surface area (Å²) in [6, 6.07) is 16.0. The minimum Gasteiger partial charge on any atom is -0.464 e. The third-order valence-electron chi connectivity index (χ3n) is 6.37. The van der Waals surface area contributed by atoms with Crippen LogP contribution in [0.2, 0.25) is 0 Å². The molecule has 2 amide bonds. The van der Waals surface area contributed by atoms with Gasteiger partial charge in [-0.05, 0) is 48.0 Å². The van der Waals surface area contributed by atoms with Crippen LogP contribution in [0.3, 0.4) is 0 Å². The minimum absolute atomic E-state index is 0.0181. The minimum atomic E-state index is -4.66. The molecule has 0 aliphatic rings. The Labute approximate surface area is 232 Å². The molecule has 4 aromatic rings. The molecule has 214 valence electrons. The number of hydrogen-bond acceptors (Lipinski definition) is 5. The molecule has 0 radical (unpaired) electrons. The predicted octanol–water partition coefficient (Wildman–Crippen LogP) is 5.27. The molecule has 0 spiro atoms. The summed E-state index contributed by atoms with van der Waals surface area (Å²) < 4.78 is 63.9. The number of halogens is 4. The molecule has 11 heteroatoms. The molecule has 1 aromatic heterocycles. The molecule has 41 heavy (non-hydrogen) atoms. The van der Waals surface area contributed by atoms with E-state index in [-0.39, 0.29) is 42.8 Å². The standard InChI is InChI=1S/C30H26F4N2O5/c1-40-14-13-35(29(39)21-5-4-6-23(15-21)30(32,33)34)18-27(37)36(16-20-9-11-24(31)12-10-20)17-22-19-41-26-8-3-2-7-25(26)28(22)38/h2-12,15,19H,13-14,16-18H2,1H3. The first-order chi connectivity index (χ1) is 19.6. The van der Waals surface area contributed by atoms with Crippen LogP contribution in [-0.2, 0) is 28.8 Å². The zero-order chi connectivity index (χ0) is 29.6. The van der Waals surface area contributed by atoms with E-state index < -0.39 is 35.9 Å². The van der Waals surface area contributed by atoms with Crippen LogP contribution in [0, 0.1) is 5.82 Å². The zero-order valence-electron chi connectivity index (χ0n) is 22.0. The van der Waals surface area contributed by atoms with Crippen LogP contribution in [0.15, 0.2) is 88.3 Å². The maximum absolute atomic E-state index is 13.6. The fourth-order valence-electron chi connectivity index (χ4n) is 4.20. The summed E-state index contributed by atoms with van der Waals surface area (Å²) in [4.78, 5) is 42.4. The number of para-hydroxylation sites is 1. The van der Waals surface area contributed by atoms with Gasteiger partial charge < -0.3 is 19.0 Å². The van der Waals surface area contributed by atoms with Gasteiger partial charge >= 0.3 is 6.18 Å². The van der Waals surface area contributed by atoms with E-state index in [9.17, 15) is 31.9 Å². The molecule has 0 atom stereocenters. The van der Waals surface area contributed by atoms with Crippen LogP contribution in [0.5, 0.6) is 0 Å². The quantitative estimate of drug-likeness (QED) is 0.243. The molecule has 3 aromatic carbocycles. The van der Waals surface area contributed by atoms with E-state index in [0.717, 1.165) is 23.1 Å². The van der Waals surface area contributed by atoms with Crippen LogP contribution in [0.1, 0.15) is 27.0 Å². The van der Waals surface area contributed by atoms with Gasteiger partial charge in [0.05, 0.1) is 35.9 Å². The molecule has 0 unspecified atom stereocenters. The van der Waals surface area contributed by atoms with Gasteiger partial charge in [-0.25, -0.2) is 4.39 Å². The number of benzene rings is 3. The second-order valence-electron chi connectivity index (χ2n) is 9.26. The third-order valence-corrected chi connectivity index (χ3v) is 6.37. The van der Waals surface area contributed by atoms with Gasteiger partial charge in [-0.15, -0.1) is 0 Å². The molecule has 0 bridgehead atoms. The number of nitrogens with zero attached hydrogens (tertiary/aromatic N) is 2. The summed E-state index contributed by atoms with van der Waals surface area (Å²) in [6.45, 7) is -0.816. The lowest BCUT2D eigenvalue weighted by Crippen LogP contribution is -2.44. The molecule has 1 heterocycles. The first-order valence-electron chi connectivity index (χ1n) is 12.5. The first-order valence-corrected chi connectivity index (χ1v) is 12.5. The van der Waals surface area contributed by atoms with E-state index >= 15 is 0 Å². The number of carbonyl (C=O) groups is 2. The lowest BCUT2D eigenvalue weighted by Gasteiger charge is -2.28. The molecule has 0 saturated carbocycles. The summed E-state index contributed by atoms with van der Waals surface area (Å²) >= 11 is 0. The van der Waals surface area contributed by atoms with Crippen molar-refractivity contribution in [3.05, 3.63) is 117 Å². The van der Waals surface area contributed by atoms with Crippen LogP contribution in [0.4, 0.5) is 17.6 Å². The fourth-order valence-corrected chi connectivity index (χ4v) is 4.20. The number of carbonyl (C=O) groups excluding carboxylic acids is 2. The van der Waals surface area contributed by atoms with Crippen LogP contribution in [-0.4, -0.2) is 48.4 Å². The van der Waals surface area contributed by atoms with Gasteiger partial charge in [0.15, 0.2) is 5.43 Å². The Hall–Kier alpha value is -4.51. The van der Waals surface area contributed by atoms with Crippen molar-refractivity contribution in [2.45, 2.75) is 19.3 Å². The molecule has 0 saturated heterocycles. The number of alkyl halides is 3. The van der Waals surface area contributed by atoms with Gasteiger partial charge in [-0.2, -0.15) is 13.2 Å². The van der Waals surface area contributed by atoms with Gasteiger partial charge in [0.1, 0.15) is 17.9 Å². The van der Waals surface area contributed by atoms with Crippen molar-refractivity contribution in [2.24, 2.45) is 0 Å². The van der Waals surface area contributed by atoms with Crippen molar-refractivity contribution in [3.8, 4) is 0 Å². The first kappa shape index (κ1) is 29.5. The third kappa shape index (κ3) is 7.37. The lowest BCUT2D eigenvalue weighted by atomic mass is 10.1. The van der Waals surface area contributed by atoms with Crippen molar-refractivity contribution in [3.63, 3.8) is 0 Å². The Morgan fingerprint density at radius 2 is 1.66 bits per heavy atom. The molecule has 0 fully saturated rings. The Morgan fingerprint density at radius 3 is 2.37 bits per heavy atom. The van der Waals surface area contributed by atoms with Gasteiger partial charge in [0.2, 0.25) is 5.91 Å². The summed E-state index contributed by atoms with van der Waals surface area (Å²) in [7, 11) is 1.38. The highest BCUT2D eigenvalue weighted by atomic mass is 19.4. The average molecular weight is 571 g/mol. The number of methoxy groups -OCH3 is 1. The Morgan fingerprint density at radius 1 is 0.927 bits per heavy atom. The average Bonchev–Trinajstić information content (AvgIpc) is 2.96. The summed E-state index contributed by atoms with van der Waals surface area (Å²) in [6.07, 6.45) is -3.40. The lowest BCUT2D eigenvalue weighted by molar-refractivity contribution is -0.137. The SMILES string of the molecule is COCCN(CC(=O)N(Cc1ccc(F)cc1)Cc1coc2ccccc2c1=O)C(=O)c1cccc(C(F)(F)F)c1. The van der Waals surface area contributed by atoms with Gasteiger partial charge in [-0.3, -0.25) is 14.4 Å². The van der Waals surface area contributed by atoms with Crippen LogP contribution < -0.4 is 5.43 Å². The van der Waals surface area contributed by atoms with Crippen molar-refractivity contribution in [1.29, 1.82) is 0 Å². The van der Waals surface area contributed by atoms with Crippen LogP contribution >= 0.6 is 0 Å². The zero-order valence-corrected chi connectivity index (χ0v) is 22.0. The largest absolute Gasteiger partial charge is 0.464 e. The molecule has 0 aliphatic heterocycles. The molecular formula is C30H26F4N2O5. The highest BCUT2D eigenvalue weighted by molar-refractivity contribution is 5.96. The highest BCUT2D eigenvalue weighted by Gasteiger charge is 2.32. The van der Waals surface area contributed by atoms with Gasteiger partial charge in [-0.1, -0.05) is 30.3 Å². The topological polar surface area (TPSA) is 80.1 Å². The predicted molar refractivity (Wildman–Crippen MR) is 142 cm³/mol. The van der Waals surface area contributed by atoms with Gasteiger partial charge in [0.25, 0.3) is 5.91 Å². The Balaban J connectivity index is 1.64. The normalized spacial score (nSPS) is 11.4. The number of hydrogen-bond donors (Lipinski definition) is 0. The maximum Gasteiger partial charge on any atom is 0.416 e. The molecule has 0 aliphatic carbocycles. The summed E-state index contributed by atoms with van der Waals surface area (Å²) in [5.74, 6) is -1.87. The van der Waals surface area contributed by atoms with Crippen molar-refractivity contribution in [2.75, 3.05) is 26.8 Å². The van der Waals surface area contributed by atoms with E-state index in [1.165, 1.54) is 48.6 Å². The summed E-state index contributed by atoms with van der Waals surface area (Å²) in [5, 5.41) is 0.320. The monoisotopic (exact) mass is 570 g/mol. The number of rotatable bonds is 10. The fraction of sp³-hybridized carbons (Fsp3) is 0.233. The van der Waals surface area contributed by atoms with E-state index in [1.54, 1.807) is 24.3 Å². The second kappa shape index (κ2) is 12.8. The molecule has 0 N–H and O–H groups in total. The summed E-state index contributed by atoms with van der Waals surface area (Å²) in [5.41, 5.74) is -0.495. The number of amides is 2. The van der Waals surface area contributed by atoms with E-state index in [1.807, 2.05) is 0 Å². The van der Waals surface area contributed by atoms with E-state index in [4.69, 9.17) is 9.15 Å². The number of ether oxygens (including phenoxy) is 1. The highest BCUT2D eigenvalue weighted by Crippen LogP contribution is 2.29. The van der Waals surface area contributed by atoms with Gasteiger partial charge in [0, 0.05) is 25.8 Å². The van der Waals surface area contributed by atoms with Crippen molar-refractivity contribution in [1.82, 2.24) is 9.80 Å². The Kier molecular flexibility index (Phi) is 9.18. The second-order valence-corrected chi connectivity index (χ2v) is 9.26. The smallest absolute Gasteiger partial charge is 0.416 e. The van der Waals surface area contributed by atoms with Crippen molar-refractivity contribution >= 4 is 22.8 Å². The molecule has 4 rings (SSSR count). The van der Waals surface area contributed by atoms with E-state index in [2.05, 4.69) is 0 Å². The maximum atomic E-state index is 13.6. The molecular weight excluding hydrogens is 544 g/mol. The van der Waals surface area contributed by atoms with Crippen LogP contribution in [0.25, 0.3) is 11.0 Å². The molecule has 7 nitrogen and oxygen atoms in total. The number of fused-ring (bicyclic) bond motifs is 1. The van der Waals surface area contributed by atoms with Crippen molar-refractivity contribution < 1.29 is 36.3 Å².